The van der Waals surface area contributed by atoms with Crippen LogP contribution in [0.3, 0.4) is 0 Å². The van der Waals surface area contributed by atoms with Crippen LogP contribution in [0.4, 0.5) is 4.39 Å². The maximum absolute atomic E-state index is 14.0. The lowest BCUT2D eigenvalue weighted by atomic mass is 9.98. The maximum Gasteiger partial charge on any atom is 0.134 e. The van der Waals surface area contributed by atoms with Crippen molar-refractivity contribution in [2.75, 3.05) is 7.05 Å². The summed E-state index contributed by atoms with van der Waals surface area (Å²) in [5, 5.41) is 4.09. The van der Waals surface area contributed by atoms with Crippen LogP contribution >= 0.6 is 27.3 Å². The van der Waals surface area contributed by atoms with E-state index in [2.05, 4.69) is 26.2 Å². The van der Waals surface area contributed by atoms with Gasteiger partial charge in [0.05, 0.1) is 11.3 Å². The van der Waals surface area contributed by atoms with Crippen molar-refractivity contribution in [3.8, 4) is 10.6 Å². The van der Waals surface area contributed by atoms with Gasteiger partial charge in [-0.05, 0) is 54.4 Å². The average molecular weight is 341 g/mol. The lowest BCUT2D eigenvalue weighted by molar-refractivity contribution is 0.501. The SMILES string of the molecule is CNC1CCCc2nc(-c3c(F)cccc3Br)sc21. The second-order valence-electron chi connectivity index (χ2n) is 4.66. The normalized spacial score (nSPS) is 18.4. The monoisotopic (exact) mass is 340 g/mol. The van der Waals surface area contributed by atoms with Crippen molar-refractivity contribution in [2.24, 2.45) is 0 Å². The number of halogens is 2. The van der Waals surface area contributed by atoms with E-state index in [-0.39, 0.29) is 5.82 Å². The largest absolute Gasteiger partial charge is 0.312 e. The summed E-state index contributed by atoms with van der Waals surface area (Å²) in [4.78, 5) is 5.91. The fourth-order valence-electron chi connectivity index (χ4n) is 2.50. The van der Waals surface area contributed by atoms with Crippen molar-refractivity contribution in [1.29, 1.82) is 0 Å². The van der Waals surface area contributed by atoms with E-state index < -0.39 is 0 Å². The van der Waals surface area contributed by atoms with Crippen LogP contribution in [0.1, 0.15) is 29.5 Å². The summed E-state index contributed by atoms with van der Waals surface area (Å²) in [6, 6.07) is 5.40. The molecule has 0 aliphatic heterocycles. The van der Waals surface area contributed by atoms with Crippen LogP contribution in [0.25, 0.3) is 10.6 Å². The highest BCUT2D eigenvalue weighted by Crippen LogP contribution is 2.40. The molecule has 1 unspecified atom stereocenters. The zero-order chi connectivity index (χ0) is 13.4. The number of benzene rings is 1. The summed E-state index contributed by atoms with van der Waals surface area (Å²) in [6.45, 7) is 0. The molecule has 0 bridgehead atoms. The molecule has 5 heteroatoms. The first-order valence-corrected chi connectivity index (χ1v) is 7.93. The van der Waals surface area contributed by atoms with Crippen molar-refractivity contribution in [1.82, 2.24) is 10.3 Å². The van der Waals surface area contributed by atoms with E-state index in [0.29, 0.717) is 11.6 Å². The van der Waals surface area contributed by atoms with Crippen molar-refractivity contribution in [3.05, 3.63) is 39.1 Å². The molecule has 100 valence electrons. The van der Waals surface area contributed by atoms with E-state index in [1.54, 1.807) is 17.4 Å². The van der Waals surface area contributed by atoms with Crippen LogP contribution in [0.15, 0.2) is 22.7 Å². The third kappa shape index (κ3) is 2.35. The van der Waals surface area contributed by atoms with Crippen molar-refractivity contribution >= 4 is 27.3 Å². The summed E-state index contributed by atoms with van der Waals surface area (Å²) in [5.41, 5.74) is 1.71. The Morgan fingerprint density at radius 2 is 2.32 bits per heavy atom. The van der Waals surface area contributed by atoms with Gasteiger partial charge >= 0.3 is 0 Å². The number of thiazole rings is 1. The molecule has 0 radical (unpaired) electrons. The molecule has 3 rings (SSSR count). The molecule has 2 aromatic rings. The fraction of sp³-hybridized carbons (Fsp3) is 0.357. The van der Waals surface area contributed by atoms with Gasteiger partial charge in [-0.3, -0.25) is 0 Å². The van der Waals surface area contributed by atoms with E-state index in [1.165, 1.54) is 10.9 Å². The molecular weight excluding hydrogens is 327 g/mol. The van der Waals surface area contributed by atoms with Gasteiger partial charge in [-0.15, -0.1) is 11.3 Å². The van der Waals surface area contributed by atoms with Crippen LogP contribution in [-0.4, -0.2) is 12.0 Å². The summed E-state index contributed by atoms with van der Waals surface area (Å²) in [6.07, 6.45) is 3.26. The zero-order valence-electron chi connectivity index (χ0n) is 10.5. The Labute approximate surface area is 124 Å². The van der Waals surface area contributed by atoms with Gasteiger partial charge in [0.1, 0.15) is 10.8 Å². The van der Waals surface area contributed by atoms with Gasteiger partial charge in [0, 0.05) is 15.4 Å². The molecule has 1 aliphatic rings. The summed E-state index contributed by atoms with van der Waals surface area (Å²) in [7, 11) is 1.97. The fourth-order valence-corrected chi connectivity index (χ4v) is 4.48. The standard InChI is InChI=1S/C14H14BrFN2S/c1-17-10-6-3-7-11-13(10)19-14(18-11)12-8(15)4-2-5-9(12)16/h2,4-5,10,17H,3,6-7H2,1H3. The Bertz CT molecular complexity index is 591. The van der Waals surface area contributed by atoms with Gasteiger partial charge in [-0.1, -0.05) is 6.07 Å². The van der Waals surface area contributed by atoms with Gasteiger partial charge < -0.3 is 5.32 Å². The predicted molar refractivity (Wildman–Crippen MR) is 79.9 cm³/mol. The Morgan fingerprint density at radius 1 is 1.47 bits per heavy atom. The summed E-state index contributed by atoms with van der Waals surface area (Å²) < 4.78 is 14.8. The molecule has 0 amide bonds. The average Bonchev–Trinajstić information content (AvgIpc) is 2.81. The lowest BCUT2D eigenvalue weighted by Crippen LogP contribution is -2.19. The summed E-state index contributed by atoms with van der Waals surface area (Å²) >= 11 is 5.03. The van der Waals surface area contributed by atoms with Crippen molar-refractivity contribution in [3.63, 3.8) is 0 Å². The molecule has 1 atom stereocenters. The van der Waals surface area contributed by atoms with E-state index in [4.69, 9.17) is 0 Å². The number of aromatic nitrogens is 1. The Hall–Kier alpha value is -0.780. The molecular formula is C14H14BrFN2S. The van der Waals surface area contributed by atoms with Crippen LogP contribution < -0.4 is 5.32 Å². The molecule has 0 saturated carbocycles. The topological polar surface area (TPSA) is 24.9 Å². The number of nitrogens with zero attached hydrogens (tertiary/aromatic N) is 1. The molecule has 0 fully saturated rings. The first kappa shape index (κ1) is 13.2. The second kappa shape index (κ2) is 5.31. The molecule has 1 heterocycles. The highest BCUT2D eigenvalue weighted by atomic mass is 79.9. The third-order valence-corrected chi connectivity index (χ3v) is 5.37. The van der Waals surface area contributed by atoms with Gasteiger partial charge in [0.15, 0.2) is 0 Å². The zero-order valence-corrected chi connectivity index (χ0v) is 12.9. The Balaban J connectivity index is 2.10. The number of hydrogen-bond acceptors (Lipinski definition) is 3. The number of nitrogens with one attached hydrogen (secondary N) is 1. The minimum atomic E-state index is -0.221. The molecule has 1 aromatic heterocycles. The number of hydrogen-bond donors (Lipinski definition) is 1. The van der Waals surface area contributed by atoms with Crippen LogP contribution in [0, 0.1) is 5.82 Å². The molecule has 0 saturated heterocycles. The van der Waals surface area contributed by atoms with Crippen molar-refractivity contribution in [2.45, 2.75) is 25.3 Å². The number of aryl methyl sites for hydroxylation is 1. The minimum Gasteiger partial charge on any atom is -0.312 e. The minimum absolute atomic E-state index is 0.221. The van der Waals surface area contributed by atoms with E-state index in [0.717, 1.165) is 34.4 Å². The third-order valence-electron chi connectivity index (χ3n) is 3.48. The Kier molecular flexibility index (Phi) is 3.69. The van der Waals surface area contributed by atoms with Gasteiger partial charge in [-0.25, -0.2) is 9.37 Å². The number of rotatable bonds is 2. The smallest absolute Gasteiger partial charge is 0.134 e. The lowest BCUT2D eigenvalue weighted by Gasteiger charge is -2.19. The maximum atomic E-state index is 14.0. The highest BCUT2D eigenvalue weighted by Gasteiger charge is 2.25. The van der Waals surface area contributed by atoms with E-state index >= 15 is 0 Å². The molecule has 0 spiro atoms. The first-order chi connectivity index (χ1) is 9.20. The quantitative estimate of drug-likeness (QED) is 0.881. The van der Waals surface area contributed by atoms with Gasteiger partial charge in [0.2, 0.25) is 0 Å². The molecule has 1 N–H and O–H groups in total. The molecule has 19 heavy (non-hydrogen) atoms. The van der Waals surface area contributed by atoms with E-state index in [9.17, 15) is 4.39 Å². The molecule has 1 aromatic carbocycles. The number of fused-ring (bicyclic) bond motifs is 1. The van der Waals surface area contributed by atoms with Gasteiger partial charge in [0.25, 0.3) is 0 Å². The Morgan fingerprint density at radius 3 is 3.05 bits per heavy atom. The molecule has 2 nitrogen and oxygen atoms in total. The van der Waals surface area contributed by atoms with Crippen LogP contribution in [0.2, 0.25) is 0 Å². The van der Waals surface area contributed by atoms with Crippen molar-refractivity contribution < 1.29 is 4.39 Å². The van der Waals surface area contributed by atoms with Gasteiger partial charge in [-0.2, -0.15) is 0 Å². The first-order valence-electron chi connectivity index (χ1n) is 6.32. The molecule has 1 aliphatic carbocycles. The van der Waals surface area contributed by atoms with E-state index in [1.807, 2.05) is 13.1 Å². The predicted octanol–water partition coefficient (Wildman–Crippen LogP) is 4.31. The second-order valence-corrected chi connectivity index (χ2v) is 6.55. The summed E-state index contributed by atoms with van der Waals surface area (Å²) in [5.74, 6) is -0.221. The van der Waals surface area contributed by atoms with Crippen LogP contribution in [-0.2, 0) is 6.42 Å². The highest BCUT2D eigenvalue weighted by molar-refractivity contribution is 9.10. The van der Waals surface area contributed by atoms with Crippen LogP contribution in [0.5, 0.6) is 0 Å².